The van der Waals surface area contributed by atoms with Crippen molar-refractivity contribution in [1.29, 1.82) is 0 Å². The first-order valence-electron chi connectivity index (χ1n) is 11.5. The van der Waals surface area contributed by atoms with Crippen LogP contribution >= 0.6 is 0 Å². The molecule has 0 aliphatic heterocycles. The van der Waals surface area contributed by atoms with Crippen molar-refractivity contribution in [3.05, 3.63) is 123 Å². The van der Waals surface area contributed by atoms with Crippen LogP contribution in [0.4, 0.5) is 0 Å². The molecule has 36 heavy (non-hydrogen) atoms. The minimum absolute atomic E-state index is 0.0109. The van der Waals surface area contributed by atoms with Gasteiger partial charge in [-0.15, -0.1) is 0 Å². The van der Waals surface area contributed by atoms with Crippen LogP contribution in [0.5, 0.6) is 0 Å². The summed E-state index contributed by atoms with van der Waals surface area (Å²) < 4.78 is 13.5. The maximum atomic E-state index is 13.9. The molecule has 0 fully saturated rings. The van der Waals surface area contributed by atoms with Crippen molar-refractivity contribution in [3.8, 4) is 0 Å². The number of carbonyl (C=O) groups is 2. The van der Waals surface area contributed by atoms with Gasteiger partial charge in [-0.25, -0.2) is 14.4 Å². The van der Waals surface area contributed by atoms with Gasteiger partial charge in [0.25, 0.3) is 0 Å². The van der Waals surface area contributed by atoms with Crippen LogP contribution in [0.25, 0.3) is 16.4 Å². The van der Waals surface area contributed by atoms with Crippen LogP contribution in [0.15, 0.2) is 89.7 Å². The zero-order valence-electron chi connectivity index (χ0n) is 19.9. The third kappa shape index (κ3) is 3.94. The molecule has 0 bridgehead atoms. The number of rotatable bonds is 6. The van der Waals surface area contributed by atoms with Gasteiger partial charge in [0.05, 0.1) is 30.3 Å². The molecule has 3 aromatic carbocycles. The van der Waals surface area contributed by atoms with Crippen LogP contribution in [0.3, 0.4) is 0 Å². The van der Waals surface area contributed by atoms with Crippen LogP contribution in [-0.2, 0) is 22.6 Å². The van der Waals surface area contributed by atoms with Gasteiger partial charge in [-0.2, -0.15) is 0 Å². The summed E-state index contributed by atoms with van der Waals surface area (Å²) in [4.78, 5) is 40.2. The lowest BCUT2D eigenvalue weighted by Crippen LogP contribution is -2.30. The first kappa shape index (κ1) is 23.1. The highest BCUT2D eigenvalue weighted by Gasteiger charge is 2.30. The van der Waals surface area contributed by atoms with Crippen molar-refractivity contribution < 1.29 is 19.1 Å². The second-order valence-electron chi connectivity index (χ2n) is 8.46. The first-order chi connectivity index (χ1) is 17.5. The molecule has 7 nitrogen and oxygen atoms in total. The Morgan fingerprint density at radius 1 is 0.806 bits per heavy atom. The van der Waals surface area contributed by atoms with Crippen LogP contribution in [0, 0.1) is 6.92 Å². The van der Waals surface area contributed by atoms with E-state index in [1.165, 1.54) is 11.5 Å². The number of aromatic nitrogens is 2. The molecule has 5 rings (SSSR count). The van der Waals surface area contributed by atoms with E-state index in [9.17, 15) is 14.4 Å². The fraction of sp³-hybridized carbons (Fsp3) is 0.138. The predicted molar refractivity (Wildman–Crippen MR) is 136 cm³/mol. The van der Waals surface area contributed by atoms with Gasteiger partial charge in [-0.05, 0) is 29.7 Å². The van der Waals surface area contributed by atoms with Crippen molar-refractivity contribution in [2.75, 3.05) is 7.11 Å². The highest BCUT2D eigenvalue weighted by atomic mass is 16.5. The second kappa shape index (κ2) is 9.54. The van der Waals surface area contributed by atoms with E-state index < -0.39 is 17.6 Å². The summed E-state index contributed by atoms with van der Waals surface area (Å²) in [6.07, 6.45) is 0. The molecule has 0 saturated carbocycles. The quantitative estimate of drug-likeness (QED) is 0.328. The van der Waals surface area contributed by atoms with Crippen molar-refractivity contribution in [3.63, 3.8) is 0 Å². The van der Waals surface area contributed by atoms with E-state index in [0.29, 0.717) is 28.5 Å². The Bertz CT molecular complexity index is 1650. The maximum absolute atomic E-state index is 13.9. The molecule has 180 valence electrons. The largest absolute Gasteiger partial charge is 0.464 e. The number of hydrogen-bond donors (Lipinski definition) is 0. The Hall–Kier alpha value is -4.65. The van der Waals surface area contributed by atoms with Gasteiger partial charge in [-0.1, -0.05) is 78.9 Å². The molecular weight excluding hydrogens is 456 g/mol. The van der Waals surface area contributed by atoms with E-state index in [-0.39, 0.29) is 17.9 Å². The van der Waals surface area contributed by atoms with E-state index in [2.05, 4.69) is 0 Å². The van der Waals surface area contributed by atoms with Crippen LogP contribution < -0.4 is 5.69 Å². The molecule has 0 aliphatic carbocycles. The molecule has 7 heteroatoms. The van der Waals surface area contributed by atoms with E-state index in [0.717, 1.165) is 11.1 Å². The molecule has 2 heterocycles. The van der Waals surface area contributed by atoms with Crippen LogP contribution in [0.2, 0.25) is 0 Å². The minimum Gasteiger partial charge on any atom is -0.464 e. The van der Waals surface area contributed by atoms with Crippen LogP contribution in [-0.4, -0.2) is 28.0 Å². The van der Waals surface area contributed by atoms with Crippen molar-refractivity contribution in [1.82, 2.24) is 8.97 Å². The molecule has 5 aromatic rings. The van der Waals surface area contributed by atoms with E-state index in [1.54, 1.807) is 11.5 Å². The standard InChI is InChI=1S/C29H24N2O5/c1-19-24(27(32)36-18-21-13-7-4-8-14-21)26-22-15-9-10-16-23(22)30(17-20-11-5-3-6-12-20)29(34)31(26)25(19)28(33)35-2/h3-16H,17-18H2,1-2H3. The second-order valence-corrected chi connectivity index (χ2v) is 8.46. The lowest BCUT2D eigenvalue weighted by atomic mass is 10.1. The monoisotopic (exact) mass is 480 g/mol. The van der Waals surface area contributed by atoms with Gasteiger partial charge in [0, 0.05) is 5.39 Å². The third-order valence-electron chi connectivity index (χ3n) is 6.27. The summed E-state index contributed by atoms with van der Waals surface area (Å²) in [6, 6.07) is 26.2. The summed E-state index contributed by atoms with van der Waals surface area (Å²) in [5.74, 6) is -1.32. The average molecular weight is 481 g/mol. The smallest absolute Gasteiger partial charge is 0.355 e. The molecule has 0 N–H and O–H groups in total. The zero-order valence-corrected chi connectivity index (χ0v) is 19.9. The lowest BCUT2D eigenvalue weighted by molar-refractivity contribution is 0.0474. The molecule has 0 unspecified atom stereocenters. The van der Waals surface area contributed by atoms with Crippen molar-refractivity contribution in [2.24, 2.45) is 0 Å². The number of esters is 2. The lowest BCUT2D eigenvalue weighted by Gasteiger charge is -2.14. The van der Waals surface area contributed by atoms with Gasteiger partial charge >= 0.3 is 17.6 Å². The van der Waals surface area contributed by atoms with Gasteiger partial charge in [-0.3, -0.25) is 8.97 Å². The Morgan fingerprint density at radius 3 is 2.08 bits per heavy atom. The molecular formula is C29H24N2O5. The Morgan fingerprint density at radius 2 is 1.42 bits per heavy atom. The number of nitrogens with zero attached hydrogens (tertiary/aromatic N) is 2. The van der Waals surface area contributed by atoms with Crippen molar-refractivity contribution >= 4 is 28.4 Å². The van der Waals surface area contributed by atoms with Gasteiger partial charge in [0.1, 0.15) is 12.3 Å². The van der Waals surface area contributed by atoms with Gasteiger partial charge in [0.2, 0.25) is 0 Å². The highest BCUT2D eigenvalue weighted by molar-refractivity contribution is 6.11. The summed E-state index contributed by atoms with van der Waals surface area (Å²) in [5.41, 5.74) is 2.80. The average Bonchev–Trinajstić information content (AvgIpc) is 3.23. The molecule has 0 radical (unpaired) electrons. The fourth-order valence-electron chi connectivity index (χ4n) is 4.57. The summed E-state index contributed by atoms with van der Waals surface area (Å²) in [7, 11) is 1.25. The summed E-state index contributed by atoms with van der Waals surface area (Å²) in [5, 5.41) is 0.651. The third-order valence-corrected chi connectivity index (χ3v) is 6.27. The van der Waals surface area contributed by atoms with Gasteiger partial charge < -0.3 is 9.47 Å². The Kier molecular flexibility index (Phi) is 6.12. The predicted octanol–water partition coefficient (Wildman–Crippen LogP) is 4.75. The van der Waals surface area contributed by atoms with Crippen LogP contribution in [0.1, 0.15) is 37.5 Å². The first-order valence-corrected chi connectivity index (χ1v) is 11.5. The van der Waals surface area contributed by atoms with E-state index in [1.807, 2.05) is 84.9 Å². The molecule has 0 saturated heterocycles. The zero-order chi connectivity index (χ0) is 25.2. The minimum atomic E-state index is -0.705. The number of carbonyl (C=O) groups excluding carboxylic acids is 2. The molecule has 0 atom stereocenters. The molecule has 0 aliphatic rings. The molecule has 0 spiro atoms. The number of ether oxygens (including phenoxy) is 2. The topological polar surface area (TPSA) is 79.0 Å². The molecule has 0 amide bonds. The normalized spacial score (nSPS) is 11.1. The maximum Gasteiger partial charge on any atom is 0.355 e. The number of para-hydroxylation sites is 1. The highest BCUT2D eigenvalue weighted by Crippen LogP contribution is 2.30. The van der Waals surface area contributed by atoms with E-state index >= 15 is 0 Å². The fourth-order valence-corrected chi connectivity index (χ4v) is 4.57. The van der Waals surface area contributed by atoms with Crippen molar-refractivity contribution in [2.45, 2.75) is 20.1 Å². The Labute approximate surface area is 207 Å². The SMILES string of the molecule is COC(=O)c1c(C)c(C(=O)OCc2ccccc2)c2c3ccccc3n(Cc3ccccc3)c(=O)n12. The molecule has 2 aromatic heterocycles. The number of methoxy groups -OCH3 is 1. The van der Waals surface area contributed by atoms with E-state index in [4.69, 9.17) is 9.47 Å². The summed E-state index contributed by atoms with van der Waals surface area (Å²) in [6.45, 7) is 1.99. The number of benzene rings is 3. The number of hydrogen-bond acceptors (Lipinski definition) is 5. The Balaban J connectivity index is 1.76. The number of fused-ring (bicyclic) bond motifs is 3. The van der Waals surface area contributed by atoms with Gasteiger partial charge in [0.15, 0.2) is 0 Å². The summed E-state index contributed by atoms with van der Waals surface area (Å²) >= 11 is 0.